The summed E-state index contributed by atoms with van der Waals surface area (Å²) in [6.07, 6.45) is 6.39. The SMILES string of the molecule is Cc1ccnc(N2CCC(C3CCCN3)CC2)c1[N+](=O)[O-]. The summed E-state index contributed by atoms with van der Waals surface area (Å²) in [5.74, 6) is 1.24. The first-order chi connectivity index (χ1) is 10.2. The predicted molar refractivity (Wildman–Crippen MR) is 81.6 cm³/mol. The van der Waals surface area contributed by atoms with E-state index in [-0.39, 0.29) is 10.6 Å². The minimum Gasteiger partial charge on any atom is -0.351 e. The van der Waals surface area contributed by atoms with Crippen LogP contribution in [0.25, 0.3) is 0 Å². The highest BCUT2D eigenvalue weighted by Crippen LogP contribution is 2.33. The minimum absolute atomic E-state index is 0.162. The molecule has 1 N–H and O–H groups in total. The molecule has 1 aromatic heterocycles. The summed E-state index contributed by atoms with van der Waals surface area (Å²) in [7, 11) is 0. The number of nitrogens with zero attached hydrogens (tertiary/aromatic N) is 3. The van der Waals surface area contributed by atoms with Crippen LogP contribution in [-0.4, -0.2) is 35.6 Å². The van der Waals surface area contributed by atoms with Gasteiger partial charge in [0.1, 0.15) is 0 Å². The number of rotatable bonds is 3. The van der Waals surface area contributed by atoms with E-state index in [4.69, 9.17) is 0 Å². The monoisotopic (exact) mass is 290 g/mol. The zero-order valence-electron chi connectivity index (χ0n) is 12.4. The van der Waals surface area contributed by atoms with Crippen LogP contribution in [0.1, 0.15) is 31.2 Å². The van der Waals surface area contributed by atoms with E-state index in [0.717, 1.165) is 32.5 Å². The molecule has 0 bridgehead atoms. The second-order valence-corrected chi connectivity index (χ2v) is 6.08. The molecule has 2 aliphatic heterocycles. The second kappa shape index (κ2) is 5.97. The Hall–Kier alpha value is -1.69. The third-order valence-corrected chi connectivity index (χ3v) is 4.80. The van der Waals surface area contributed by atoms with Crippen molar-refractivity contribution in [2.45, 2.75) is 38.6 Å². The topological polar surface area (TPSA) is 71.3 Å². The van der Waals surface area contributed by atoms with Crippen LogP contribution < -0.4 is 10.2 Å². The van der Waals surface area contributed by atoms with Gasteiger partial charge in [0.15, 0.2) is 0 Å². The van der Waals surface area contributed by atoms with Crippen LogP contribution in [0.3, 0.4) is 0 Å². The van der Waals surface area contributed by atoms with E-state index in [1.165, 1.54) is 12.8 Å². The van der Waals surface area contributed by atoms with Crippen LogP contribution >= 0.6 is 0 Å². The summed E-state index contributed by atoms with van der Waals surface area (Å²) in [6, 6.07) is 2.35. The lowest BCUT2D eigenvalue weighted by atomic mass is 9.88. The molecule has 2 saturated heterocycles. The van der Waals surface area contributed by atoms with E-state index in [9.17, 15) is 10.1 Å². The number of anilines is 1. The van der Waals surface area contributed by atoms with Crippen molar-refractivity contribution in [1.29, 1.82) is 0 Å². The largest absolute Gasteiger partial charge is 0.351 e. The van der Waals surface area contributed by atoms with Crippen molar-refractivity contribution in [3.8, 4) is 0 Å². The van der Waals surface area contributed by atoms with Gasteiger partial charge in [-0.15, -0.1) is 0 Å². The molecule has 6 heteroatoms. The molecule has 0 spiro atoms. The summed E-state index contributed by atoms with van der Waals surface area (Å²) < 4.78 is 0. The van der Waals surface area contributed by atoms with E-state index >= 15 is 0 Å². The van der Waals surface area contributed by atoms with E-state index in [1.54, 1.807) is 19.2 Å². The van der Waals surface area contributed by atoms with Crippen molar-refractivity contribution in [3.63, 3.8) is 0 Å². The molecule has 0 saturated carbocycles. The van der Waals surface area contributed by atoms with Crippen molar-refractivity contribution in [3.05, 3.63) is 27.9 Å². The molecule has 1 atom stereocenters. The zero-order chi connectivity index (χ0) is 14.8. The van der Waals surface area contributed by atoms with Crippen molar-refractivity contribution in [2.75, 3.05) is 24.5 Å². The fourth-order valence-corrected chi connectivity index (χ4v) is 3.62. The molecule has 3 heterocycles. The van der Waals surface area contributed by atoms with Crippen LogP contribution in [0, 0.1) is 23.0 Å². The highest BCUT2D eigenvalue weighted by Gasteiger charge is 2.31. The van der Waals surface area contributed by atoms with Gasteiger partial charge in [0.25, 0.3) is 0 Å². The normalized spacial score (nSPS) is 23.5. The van der Waals surface area contributed by atoms with Crippen LogP contribution in [0.2, 0.25) is 0 Å². The molecular formula is C15H22N4O2. The molecule has 2 fully saturated rings. The molecule has 2 aliphatic rings. The van der Waals surface area contributed by atoms with Crippen molar-refractivity contribution in [2.24, 2.45) is 5.92 Å². The van der Waals surface area contributed by atoms with Gasteiger partial charge in [-0.25, -0.2) is 4.98 Å². The van der Waals surface area contributed by atoms with Gasteiger partial charge < -0.3 is 10.2 Å². The van der Waals surface area contributed by atoms with E-state index < -0.39 is 0 Å². The van der Waals surface area contributed by atoms with Gasteiger partial charge in [-0.1, -0.05) is 0 Å². The Bertz CT molecular complexity index is 520. The molecule has 0 aromatic carbocycles. The standard InChI is InChI=1S/C15H22N4O2/c1-11-4-8-17-15(14(11)19(20)21)18-9-5-12(6-10-18)13-3-2-7-16-13/h4,8,12-13,16H,2-3,5-7,9-10H2,1H3. The number of nitrogens with one attached hydrogen (secondary N) is 1. The van der Waals surface area contributed by atoms with Crippen molar-refractivity contribution >= 4 is 11.5 Å². The molecule has 0 amide bonds. The maximum absolute atomic E-state index is 11.3. The molecule has 1 aromatic rings. The van der Waals surface area contributed by atoms with Crippen LogP contribution in [-0.2, 0) is 0 Å². The first-order valence-corrected chi connectivity index (χ1v) is 7.75. The van der Waals surface area contributed by atoms with Gasteiger partial charge in [0, 0.05) is 30.9 Å². The number of nitro groups is 1. The second-order valence-electron chi connectivity index (χ2n) is 6.08. The number of aryl methyl sites for hydroxylation is 1. The van der Waals surface area contributed by atoms with Crippen molar-refractivity contribution in [1.82, 2.24) is 10.3 Å². The summed E-state index contributed by atoms with van der Waals surface area (Å²) in [6.45, 7) is 4.63. The average Bonchev–Trinajstić information content (AvgIpc) is 3.01. The molecule has 0 radical (unpaired) electrons. The summed E-state index contributed by atoms with van der Waals surface area (Å²) in [5, 5.41) is 14.9. The maximum Gasteiger partial charge on any atom is 0.314 e. The molecule has 3 rings (SSSR count). The highest BCUT2D eigenvalue weighted by atomic mass is 16.6. The summed E-state index contributed by atoms with van der Waals surface area (Å²) in [4.78, 5) is 17.3. The number of aromatic nitrogens is 1. The molecular weight excluding hydrogens is 268 g/mol. The molecule has 1 unspecified atom stereocenters. The smallest absolute Gasteiger partial charge is 0.314 e. The Morgan fingerprint density at radius 2 is 2.14 bits per heavy atom. The van der Waals surface area contributed by atoms with Gasteiger partial charge in [-0.3, -0.25) is 10.1 Å². The molecule has 114 valence electrons. The quantitative estimate of drug-likeness (QED) is 0.683. The number of pyridine rings is 1. The van der Waals surface area contributed by atoms with E-state index in [1.807, 2.05) is 0 Å². The van der Waals surface area contributed by atoms with Gasteiger partial charge >= 0.3 is 5.69 Å². The number of piperidine rings is 1. The lowest BCUT2D eigenvalue weighted by Gasteiger charge is -2.35. The third-order valence-electron chi connectivity index (χ3n) is 4.80. The Labute approximate surface area is 124 Å². The first-order valence-electron chi connectivity index (χ1n) is 7.75. The maximum atomic E-state index is 11.3. The average molecular weight is 290 g/mol. The van der Waals surface area contributed by atoms with E-state index in [2.05, 4.69) is 15.2 Å². The lowest BCUT2D eigenvalue weighted by Crippen LogP contribution is -2.41. The zero-order valence-corrected chi connectivity index (χ0v) is 12.4. The Kier molecular flexibility index (Phi) is 4.05. The van der Waals surface area contributed by atoms with Gasteiger partial charge in [0.05, 0.1) is 4.92 Å². The van der Waals surface area contributed by atoms with Crippen LogP contribution in [0.15, 0.2) is 12.3 Å². The summed E-state index contributed by atoms with van der Waals surface area (Å²) >= 11 is 0. The molecule has 21 heavy (non-hydrogen) atoms. The van der Waals surface area contributed by atoms with Gasteiger partial charge in [0.2, 0.25) is 5.82 Å². The molecule has 6 nitrogen and oxygen atoms in total. The Morgan fingerprint density at radius 3 is 2.76 bits per heavy atom. The lowest BCUT2D eigenvalue weighted by molar-refractivity contribution is -0.384. The highest BCUT2D eigenvalue weighted by molar-refractivity contribution is 5.61. The van der Waals surface area contributed by atoms with Gasteiger partial charge in [-0.05, 0) is 51.1 Å². The van der Waals surface area contributed by atoms with E-state index in [0.29, 0.717) is 23.3 Å². The fraction of sp³-hybridized carbons (Fsp3) is 0.667. The number of hydrogen-bond donors (Lipinski definition) is 1. The Morgan fingerprint density at radius 1 is 1.38 bits per heavy atom. The third kappa shape index (κ3) is 2.85. The van der Waals surface area contributed by atoms with Crippen LogP contribution in [0.4, 0.5) is 11.5 Å². The predicted octanol–water partition coefficient (Wildman–Crippen LogP) is 2.27. The minimum atomic E-state index is -0.303. The molecule has 0 aliphatic carbocycles. The fourth-order valence-electron chi connectivity index (χ4n) is 3.62. The number of hydrogen-bond acceptors (Lipinski definition) is 5. The first kappa shape index (κ1) is 14.3. The van der Waals surface area contributed by atoms with Crippen molar-refractivity contribution < 1.29 is 4.92 Å². The van der Waals surface area contributed by atoms with Gasteiger partial charge in [-0.2, -0.15) is 0 Å². The summed E-state index contributed by atoms with van der Waals surface area (Å²) in [5.41, 5.74) is 0.847. The Balaban J connectivity index is 1.72. The van der Waals surface area contributed by atoms with Crippen LogP contribution in [0.5, 0.6) is 0 Å².